The van der Waals surface area contributed by atoms with Gasteiger partial charge >= 0.3 is 6.03 Å². The van der Waals surface area contributed by atoms with Crippen molar-refractivity contribution in [3.8, 4) is 0 Å². The Morgan fingerprint density at radius 3 is 2.70 bits per heavy atom. The number of aliphatic hydroxyl groups is 1. The Morgan fingerprint density at radius 1 is 1.39 bits per heavy atom. The highest BCUT2D eigenvalue weighted by atomic mass is 16.3. The normalized spacial score (nSPS) is 19.7. The van der Waals surface area contributed by atoms with Gasteiger partial charge in [0.2, 0.25) is 0 Å². The molecule has 2 rings (SSSR count). The summed E-state index contributed by atoms with van der Waals surface area (Å²) in [5, 5.41) is 15.7. The summed E-state index contributed by atoms with van der Waals surface area (Å²) in [6.45, 7) is 8.41. The number of aliphatic hydroxyl groups excluding tert-OH is 1. The predicted octanol–water partition coefficient (Wildman–Crippen LogP) is 2.14. The molecule has 0 aromatic heterocycles. The Morgan fingerprint density at radius 2 is 2.09 bits per heavy atom. The third-order valence-electron chi connectivity index (χ3n) is 4.42. The van der Waals surface area contributed by atoms with E-state index in [9.17, 15) is 4.79 Å². The van der Waals surface area contributed by atoms with Crippen molar-refractivity contribution < 1.29 is 9.90 Å². The Kier molecular flexibility index (Phi) is 6.02. The molecule has 1 saturated heterocycles. The first-order valence-corrected chi connectivity index (χ1v) is 8.37. The van der Waals surface area contributed by atoms with Gasteiger partial charge in [-0.3, -0.25) is 0 Å². The molecule has 128 valence electrons. The molecule has 1 aromatic carbocycles. The Bertz CT molecular complexity index is 504. The predicted molar refractivity (Wildman–Crippen MR) is 92.2 cm³/mol. The fourth-order valence-electron chi connectivity index (χ4n) is 3.04. The van der Waals surface area contributed by atoms with Crippen LogP contribution in [0.15, 0.2) is 30.3 Å². The topological polar surface area (TPSA) is 64.6 Å². The molecule has 2 unspecified atom stereocenters. The number of urea groups is 1. The first-order chi connectivity index (χ1) is 10.9. The van der Waals surface area contributed by atoms with Gasteiger partial charge in [-0.2, -0.15) is 0 Å². The lowest BCUT2D eigenvalue weighted by molar-refractivity contribution is 0.194. The third kappa shape index (κ3) is 5.22. The summed E-state index contributed by atoms with van der Waals surface area (Å²) >= 11 is 0. The number of nitrogens with one attached hydrogen (secondary N) is 2. The largest absolute Gasteiger partial charge is 0.396 e. The second kappa shape index (κ2) is 7.79. The van der Waals surface area contributed by atoms with Crippen LogP contribution >= 0.6 is 0 Å². The molecular weight excluding hydrogens is 290 g/mol. The van der Waals surface area contributed by atoms with Crippen molar-refractivity contribution in [3.05, 3.63) is 35.9 Å². The molecular formula is C18H29N3O2. The number of hydrogen-bond donors (Lipinski definition) is 3. The molecule has 1 heterocycles. The van der Waals surface area contributed by atoms with Crippen LogP contribution in [-0.4, -0.2) is 47.8 Å². The van der Waals surface area contributed by atoms with E-state index in [1.54, 1.807) is 4.90 Å². The molecule has 2 atom stereocenters. The van der Waals surface area contributed by atoms with E-state index in [1.165, 1.54) is 5.56 Å². The Hall–Kier alpha value is -1.59. The number of carbonyl (C=O) groups is 1. The number of nitrogens with zero attached hydrogens (tertiary/aromatic N) is 1. The number of benzene rings is 1. The van der Waals surface area contributed by atoms with Gasteiger partial charge in [0.1, 0.15) is 0 Å². The van der Waals surface area contributed by atoms with Crippen molar-refractivity contribution in [1.82, 2.24) is 15.5 Å². The second-order valence-electron chi connectivity index (χ2n) is 7.10. The molecule has 0 aliphatic carbocycles. The number of likely N-dealkylation sites (tertiary alicyclic amines) is 1. The summed E-state index contributed by atoms with van der Waals surface area (Å²) in [7, 11) is 0. The van der Waals surface area contributed by atoms with Crippen molar-refractivity contribution in [2.75, 3.05) is 26.2 Å². The average molecular weight is 319 g/mol. The molecule has 0 saturated carbocycles. The molecule has 5 nitrogen and oxygen atoms in total. The van der Waals surface area contributed by atoms with Gasteiger partial charge < -0.3 is 20.6 Å². The molecule has 0 bridgehead atoms. The number of hydrogen-bond acceptors (Lipinski definition) is 3. The fraction of sp³-hybridized carbons (Fsp3) is 0.611. The van der Waals surface area contributed by atoms with Crippen LogP contribution in [-0.2, 0) is 0 Å². The van der Waals surface area contributed by atoms with Crippen LogP contribution < -0.4 is 10.6 Å². The van der Waals surface area contributed by atoms with E-state index < -0.39 is 0 Å². The van der Waals surface area contributed by atoms with Crippen molar-refractivity contribution in [1.29, 1.82) is 0 Å². The standard InChI is InChI=1S/C18H29N3O2/c1-14(16-7-5-4-6-8-16)20-18(2,3)13-19-17(23)21-10-9-15(11-21)12-22/h4-8,14-15,20,22H,9-13H2,1-3H3,(H,19,23). The van der Waals surface area contributed by atoms with E-state index in [4.69, 9.17) is 5.11 Å². The van der Waals surface area contributed by atoms with E-state index in [0.717, 1.165) is 13.0 Å². The second-order valence-corrected chi connectivity index (χ2v) is 7.10. The van der Waals surface area contributed by atoms with Gasteiger partial charge in [0, 0.05) is 43.7 Å². The van der Waals surface area contributed by atoms with E-state index in [0.29, 0.717) is 13.1 Å². The van der Waals surface area contributed by atoms with E-state index in [-0.39, 0.29) is 30.1 Å². The molecule has 2 amide bonds. The van der Waals surface area contributed by atoms with Crippen LogP contribution in [0.3, 0.4) is 0 Å². The van der Waals surface area contributed by atoms with Crippen molar-refractivity contribution in [3.63, 3.8) is 0 Å². The molecule has 1 aliphatic rings. The minimum Gasteiger partial charge on any atom is -0.396 e. The summed E-state index contributed by atoms with van der Waals surface area (Å²) in [6, 6.07) is 10.5. The molecule has 1 fully saturated rings. The summed E-state index contributed by atoms with van der Waals surface area (Å²) in [5.41, 5.74) is 1.03. The van der Waals surface area contributed by atoms with Gasteiger partial charge in [0.25, 0.3) is 0 Å². The van der Waals surface area contributed by atoms with Crippen LogP contribution in [0, 0.1) is 5.92 Å². The Balaban J connectivity index is 1.80. The summed E-state index contributed by atoms with van der Waals surface area (Å²) < 4.78 is 0. The molecule has 5 heteroatoms. The highest BCUT2D eigenvalue weighted by Gasteiger charge is 2.27. The SMILES string of the molecule is CC(NC(C)(C)CNC(=O)N1CCC(CO)C1)c1ccccc1. The van der Waals surface area contributed by atoms with Crippen LogP contribution in [0.1, 0.15) is 38.8 Å². The van der Waals surface area contributed by atoms with Crippen molar-refractivity contribution in [2.24, 2.45) is 5.92 Å². The minimum absolute atomic E-state index is 0.0387. The molecule has 0 radical (unpaired) electrons. The quantitative estimate of drug-likeness (QED) is 0.753. The van der Waals surface area contributed by atoms with E-state index >= 15 is 0 Å². The maximum atomic E-state index is 12.2. The van der Waals surface area contributed by atoms with E-state index in [2.05, 4.69) is 43.5 Å². The lowest BCUT2D eigenvalue weighted by Crippen LogP contribution is -2.52. The zero-order valence-electron chi connectivity index (χ0n) is 14.4. The average Bonchev–Trinajstić information content (AvgIpc) is 3.02. The maximum Gasteiger partial charge on any atom is 0.317 e. The van der Waals surface area contributed by atoms with Crippen LogP contribution in [0.4, 0.5) is 4.79 Å². The molecule has 3 N–H and O–H groups in total. The van der Waals surface area contributed by atoms with Crippen LogP contribution in [0.2, 0.25) is 0 Å². The smallest absolute Gasteiger partial charge is 0.317 e. The summed E-state index contributed by atoms with van der Waals surface area (Å²) in [5.74, 6) is 0.227. The van der Waals surface area contributed by atoms with Crippen molar-refractivity contribution in [2.45, 2.75) is 38.8 Å². The first-order valence-electron chi connectivity index (χ1n) is 8.37. The summed E-state index contributed by atoms with van der Waals surface area (Å²) in [4.78, 5) is 14.0. The van der Waals surface area contributed by atoms with E-state index in [1.807, 2.05) is 18.2 Å². The Labute approximate surface area is 139 Å². The lowest BCUT2D eigenvalue weighted by Gasteiger charge is -2.31. The van der Waals surface area contributed by atoms with Gasteiger partial charge in [0.05, 0.1) is 0 Å². The monoisotopic (exact) mass is 319 g/mol. The zero-order valence-corrected chi connectivity index (χ0v) is 14.4. The van der Waals surface area contributed by atoms with Crippen LogP contribution in [0.25, 0.3) is 0 Å². The van der Waals surface area contributed by atoms with Crippen molar-refractivity contribution >= 4 is 6.03 Å². The lowest BCUT2D eigenvalue weighted by atomic mass is 10.0. The fourth-order valence-corrected chi connectivity index (χ4v) is 3.04. The van der Waals surface area contributed by atoms with Gasteiger partial charge in [-0.25, -0.2) is 4.79 Å². The molecule has 23 heavy (non-hydrogen) atoms. The van der Waals surface area contributed by atoms with Gasteiger partial charge in [-0.1, -0.05) is 30.3 Å². The molecule has 1 aliphatic heterocycles. The first kappa shape index (κ1) is 17.8. The van der Waals surface area contributed by atoms with Gasteiger partial charge in [0.15, 0.2) is 0 Å². The molecule has 0 spiro atoms. The number of carbonyl (C=O) groups excluding carboxylic acids is 1. The van der Waals surface area contributed by atoms with Crippen LogP contribution in [0.5, 0.6) is 0 Å². The molecule has 1 aromatic rings. The highest BCUT2D eigenvalue weighted by Crippen LogP contribution is 2.17. The minimum atomic E-state index is -0.207. The van der Waals surface area contributed by atoms with Gasteiger partial charge in [-0.05, 0) is 32.8 Å². The number of rotatable bonds is 6. The highest BCUT2D eigenvalue weighted by molar-refractivity contribution is 5.74. The zero-order chi connectivity index (χ0) is 16.9. The summed E-state index contributed by atoms with van der Waals surface area (Å²) in [6.07, 6.45) is 0.886. The third-order valence-corrected chi connectivity index (χ3v) is 4.42. The maximum absolute atomic E-state index is 12.2. The van der Waals surface area contributed by atoms with Gasteiger partial charge in [-0.15, -0.1) is 0 Å². The number of amides is 2.